The Kier molecular flexibility index (Phi) is 6.61. The van der Waals surface area contributed by atoms with Gasteiger partial charge in [0, 0.05) is 24.4 Å². The van der Waals surface area contributed by atoms with E-state index < -0.39 is 20.5 Å². The first kappa shape index (κ1) is 23.8. The SMILES string of the molecule is O=S(=O)(c1ccc([NH+]([O-])O)cc1)n1c(Sc2ncccc2[NH+]([O-])O)nc2cc(Cl)c(Cl)cc21. The van der Waals surface area contributed by atoms with Crippen LogP contribution >= 0.6 is 35.0 Å². The fraction of sp³-hybridized carbons (Fsp3) is 0. The number of benzene rings is 2. The predicted molar refractivity (Wildman–Crippen MR) is 119 cm³/mol. The van der Waals surface area contributed by atoms with Gasteiger partial charge < -0.3 is 10.4 Å². The number of fused-ring (bicyclic) bond motifs is 1. The molecular formula is C18H13Cl2N5O6S2. The molecule has 4 aromatic rings. The Hall–Kier alpha value is -2.30. The molecule has 0 amide bonds. The molecule has 4 rings (SSSR count). The summed E-state index contributed by atoms with van der Waals surface area (Å²) in [7, 11) is -4.31. The molecule has 0 aliphatic heterocycles. The molecule has 2 atom stereocenters. The minimum atomic E-state index is -4.31. The molecule has 2 heterocycles. The van der Waals surface area contributed by atoms with Crippen molar-refractivity contribution in [1.29, 1.82) is 0 Å². The maximum atomic E-state index is 13.6. The topological polar surface area (TPSA) is 160 Å². The fourth-order valence-electron chi connectivity index (χ4n) is 2.92. The van der Waals surface area contributed by atoms with Crippen molar-refractivity contribution in [3.63, 3.8) is 0 Å². The Bertz CT molecular complexity index is 1440. The summed E-state index contributed by atoms with van der Waals surface area (Å²) in [5.74, 6) is 0. The first-order valence-electron chi connectivity index (χ1n) is 8.92. The zero-order chi connectivity index (χ0) is 23.9. The van der Waals surface area contributed by atoms with Crippen LogP contribution in [0.4, 0.5) is 11.4 Å². The van der Waals surface area contributed by atoms with Gasteiger partial charge in [-0.2, -0.15) is 10.5 Å². The molecule has 4 N–H and O–H groups in total. The van der Waals surface area contributed by atoms with Crippen molar-refractivity contribution in [2.75, 3.05) is 0 Å². The van der Waals surface area contributed by atoms with Crippen LogP contribution in [-0.2, 0) is 10.0 Å². The van der Waals surface area contributed by atoms with Crippen LogP contribution in [0.1, 0.15) is 0 Å². The van der Waals surface area contributed by atoms with E-state index in [1.54, 1.807) is 0 Å². The van der Waals surface area contributed by atoms with Gasteiger partial charge in [0.05, 0.1) is 26.0 Å². The normalized spacial score (nSPS) is 13.9. The van der Waals surface area contributed by atoms with Gasteiger partial charge in [-0.3, -0.25) is 0 Å². The molecule has 0 aliphatic rings. The van der Waals surface area contributed by atoms with Crippen molar-refractivity contribution in [2.24, 2.45) is 0 Å². The number of aromatic nitrogens is 3. The summed E-state index contributed by atoms with van der Waals surface area (Å²) in [5, 5.41) is 39.0. The number of hydrogen-bond donors (Lipinski definition) is 4. The van der Waals surface area contributed by atoms with Crippen LogP contribution in [-0.4, -0.2) is 32.8 Å². The molecular weight excluding hydrogens is 517 g/mol. The smallest absolute Gasteiger partial charge is 0.270 e. The summed E-state index contributed by atoms with van der Waals surface area (Å²) >= 11 is 12.9. The van der Waals surface area contributed by atoms with Gasteiger partial charge >= 0.3 is 0 Å². The first-order valence-corrected chi connectivity index (χ1v) is 11.9. The molecule has 33 heavy (non-hydrogen) atoms. The molecule has 0 saturated heterocycles. The first-order chi connectivity index (χ1) is 15.6. The highest BCUT2D eigenvalue weighted by molar-refractivity contribution is 8.00. The Morgan fingerprint density at radius 1 is 1.00 bits per heavy atom. The Morgan fingerprint density at radius 3 is 2.30 bits per heavy atom. The maximum Gasteiger partial charge on any atom is 0.270 e. The highest BCUT2D eigenvalue weighted by atomic mass is 35.5. The lowest BCUT2D eigenvalue weighted by molar-refractivity contribution is -0.992. The standard InChI is InChI=1S/C18H13Cl2N5O6S2/c19-12-8-14-16(9-13(12)20)23(33(30,31)11-5-3-10(4-6-11)24(26)27)18(22-14)32-17-15(25(28)29)2-1-7-21-17/h1-9,24-26,28H. The van der Waals surface area contributed by atoms with Crippen molar-refractivity contribution >= 4 is 67.4 Å². The molecule has 0 spiro atoms. The lowest BCUT2D eigenvalue weighted by Gasteiger charge is -2.15. The zero-order valence-corrected chi connectivity index (χ0v) is 19.3. The van der Waals surface area contributed by atoms with Crippen LogP contribution in [0.5, 0.6) is 0 Å². The van der Waals surface area contributed by atoms with Crippen molar-refractivity contribution < 1.29 is 29.3 Å². The van der Waals surface area contributed by atoms with Crippen LogP contribution in [0, 0.1) is 10.4 Å². The zero-order valence-electron chi connectivity index (χ0n) is 16.1. The summed E-state index contributed by atoms with van der Waals surface area (Å²) in [6.45, 7) is 0. The number of imidazole rings is 1. The molecule has 15 heteroatoms. The van der Waals surface area contributed by atoms with Gasteiger partial charge in [-0.25, -0.2) is 32.8 Å². The fourth-order valence-corrected chi connectivity index (χ4v) is 5.86. The van der Waals surface area contributed by atoms with Crippen molar-refractivity contribution in [3.05, 3.63) is 75.2 Å². The van der Waals surface area contributed by atoms with E-state index in [1.165, 1.54) is 30.5 Å². The van der Waals surface area contributed by atoms with Gasteiger partial charge in [-0.15, -0.1) is 0 Å². The summed E-state index contributed by atoms with van der Waals surface area (Å²) < 4.78 is 28.0. The number of hydrogen-bond acceptors (Lipinski definition) is 9. The third-order valence-electron chi connectivity index (χ3n) is 4.46. The van der Waals surface area contributed by atoms with E-state index in [0.29, 0.717) is 0 Å². The van der Waals surface area contributed by atoms with Crippen LogP contribution in [0.2, 0.25) is 10.0 Å². The summed E-state index contributed by atoms with van der Waals surface area (Å²) in [6.07, 6.45) is 1.37. The van der Waals surface area contributed by atoms with Crippen molar-refractivity contribution in [2.45, 2.75) is 15.1 Å². The van der Waals surface area contributed by atoms with Crippen LogP contribution in [0.3, 0.4) is 0 Å². The predicted octanol–water partition coefficient (Wildman–Crippen LogP) is 1.93. The largest absolute Gasteiger partial charge is 0.595 e. The van der Waals surface area contributed by atoms with Gasteiger partial charge in [-0.05, 0) is 42.1 Å². The molecule has 2 aromatic heterocycles. The molecule has 2 unspecified atom stereocenters. The van der Waals surface area contributed by atoms with E-state index in [-0.39, 0.29) is 47.5 Å². The number of nitrogens with zero attached hydrogens (tertiary/aromatic N) is 3. The molecule has 11 nitrogen and oxygen atoms in total. The lowest BCUT2D eigenvalue weighted by Crippen LogP contribution is -2.99. The van der Waals surface area contributed by atoms with Crippen molar-refractivity contribution in [3.8, 4) is 0 Å². The quantitative estimate of drug-likeness (QED) is 0.273. The molecule has 172 valence electrons. The highest BCUT2D eigenvalue weighted by Gasteiger charge is 2.27. The molecule has 0 bridgehead atoms. The highest BCUT2D eigenvalue weighted by Crippen LogP contribution is 2.37. The van der Waals surface area contributed by atoms with E-state index in [0.717, 1.165) is 40.0 Å². The van der Waals surface area contributed by atoms with E-state index in [1.807, 2.05) is 0 Å². The third kappa shape index (κ3) is 4.56. The number of rotatable bonds is 6. The summed E-state index contributed by atoms with van der Waals surface area (Å²) in [5.41, 5.74) is 0.0706. The third-order valence-corrected chi connectivity index (χ3v) is 7.99. The number of pyridine rings is 1. The number of halogens is 2. The minimum Gasteiger partial charge on any atom is -0.595 e. The van der Waals surface area contributed by atoms with Crippen LogP contribution in [0.15, 0.2) is 69.8 Å². The number of quaternary nitrogens is 2. The molecule has 0 fully saturated rings. The second kappa shape index (κ2) is 9.15. The molecule has 0 radical (unpaired) electrons. The average molecular weight is 530 g/mol. The monoisotopic (exact) mass is 529 g/mol. The molecule has 0 saturated carbocycles. The van der Waals surface area contributed by atoms with Gasteiger partial charge in [0.25, 0.3) is 10.0 Å². The second-order valence-corrected chi connectivity index (χ2v) is 10.1. The van der Waals surface area contributed by atoms with Crippen molar-refractivity contribution in [1.82, 2.24) is 13.9 Å². The Balaban J connectivity index is 1.93. The van der Waals surface area contributed by atoms with Gasteiger partial charge in [0.2, 0.25) is 0 Å². The van der Waals surface area contributed by atoms with Crippen LogP contribution in [0.25, 0.3) is 11.0 Å². The molecule has 2 aromatic carbocycles. The summed E-state index contributed by atoms with van der Waals surface area (Å²) in [4.78, 5) is 8.16. The van der Waals surface area contributed by atoms with E-state index in [9.17, 15) is 24.0 Å². The Labute approximate surface area is 200 Å². The summed E-state index contributed by atoms with van der Waals surface area (Å²) in [6, 6.07) is 10.1. The van der Waals surface area contributed by atoms with Gasteiger partial charge in [-0.1, -0.05) is 23.2 Å². The average Bonchev–Trinajstić information content (AvgIpc) is 3.11. The maximum absolute atomic E-state index is 13.6. The van der Waals surface area contributed by atoms with E-state index in [2.05, 4.69) is 9.97 Å². The molecule has 0 aliphatic carbocycles. The minimum absolute atomic E-state index is 0.0233. The lowest BCUT2D eigenvalue weighted by atomic mass is 10.3. The van der Waals surface area contributed by atoms with E-state index >= 15 is 0 Å². The number of nitrogens with one attached hydrogen (secondary N) is 2. The Morgan fingerprint density at radius 2 is 1.67 bits per heavy atom. The second-order valence-electron chi connectivity index (χ2n) is 6.51. The van der Waals surface area contributed by atoms with Gasteiger partial charge in [0.1, 0.15) is 0 Å². The van der Waals surface area contributed by atoms with Gasteiger partial charge in [0.15, 0.2) is 21.6 Å². The van der Waals surface area contributed by atoms with E-state index in [4.69, 9.17) is 28.4 Å². The van der Waals surface area contributed by atoms with Crippen LogP contribution < -0.4 is 10.5 Å².